The lowest BCUT2D eigenvalue weighted by Crippen LogP contribution is -2.32. The maximum atomic E-state index is 12.3. The number of carboxylic acid groups (broad SMARTS) is 1. The van der Waals surface area contributed by atoms with Crippen LogP contribution in [0.25, 0.3) is 10.9 Å². The molecule has 3 rings (SSSR count). The molecule has 5 nitrogen and oxygen atoms in total. The zero-order valence-electron chi connectivity index (χ0n) is 13.2. The zero-order chi connectivity index (χ0) is 17.1. The monoisotopic (exact) mass is 322 g/mol. The maximum Gasteiger partial charge on any atom is 0.325 e. The van der Waals surface area contributed by atoms with E-state index in [1.807, 2.05) is 55.5 Å². The molecular formula is C19H18N2O3. The van der Waals surface area contributed by atoms with Gasteiger partial charge in [0.25, 0.3) is 5.56 Å². The Labute approximate surface area is 139 Å². The van der Waals surface area contributed by atoms with Crippen molar-refractivity contribution >= 4 is 16.9 Å². The summed E-state index contributed by atoms with van der Waals surface area (Å²) in [6.07, 6.45) is 0. The van der Waals surface area contributed by atoms with E-state index < -0.39 is 12.0 Å². The van der Waals surface area contributed by atoms with E-state index in [2.05, 4.69) is 10.3 Å². The van der Waals surface area contributed by atoms with Crippen molar-refractivity contribution in [1.82, 2.24) is 10.3 Å². The lowest BCUT2D eigenvalue weighted by molar-refractivity contribution is -0.139. The van der Waals surface area contributed by atoms with Gasteiger partial charge in [-0.15, -0.1) is 0 Å². The smallest absolute Gasteiger partial charge is 0.325 e. The molecule has 1 heterocycles. The number of carbonyl (C=O) groups is 1. The molecule has 0 bridgehead atoms. The molecule has 1 unspecified atom stereocenters. The highest BCUT2D eigenvalue weighted by Gasteiger charge is 2.22. The lowest BCUT2D eigenvalue weighted by Gasteiger charge is -2.15. The second-order valence-corrected chi connectivity index (χ2v) is 5.78. The van der Waals surface area contributed by atoms with Crippen LogP contribution < -0.4 is 10.9 Å². The van der Waals surface area contributed by atoms with Crippen LogP contribution in [-0.2, 0) is 11.3 Å². The number of fused-ring (bicyclic) bond motifs is 1. The molecule has 5 heteroatoms. The number of carboxylic acids is 1. The summed E-state index contributed by atoms with van der Waals surface area (Å²) in [4.78, 5) is 26.7. The number of aryl methyl sites for hydroxylation is 1. The van der Waals surface area contributed by atoms with E-state index in [0.717, 1.165) is 16.5 Å². The Morgan fingerprint density at radius 2 is 1.92 bits per heavy atom. The fourth-order valence-corrected chi connectivity index (χ4v) is 2.70. The van der Waals surface area contributed by atoms with Crippen LogP contribution in [0.15, 0.2) is 59.4 Å². The summed E-state index contributed by atoms with van der Waals surface area (Å²) in [6, 6.07) is 15.7. The van der Waals surface area contributed by atoms with E-state index >= 15 is 0 Å². The molecule has 122 valence electrons. The predicted molar refractivity (Wildman–Crippen MR) is 93.0 cm³/mol. The van der Waals surface area contributed by atoms with Gasteiger partial charge in [0.2, 0.25) is 0 Å². The van der Waals surface area contributed by atoms with Crippen molar-refractivity contribution < 1.29 is 9.90 Å². The topological polar surface area (TPSA) is 82.2 Å². The molecule has 0 saturated heterocycles. The summed E-state index contributed by atoms with van der Waals surface area (Å²) in [5.41, 5.74) is 2.51. The van der Waals surface area contributed by atoms with Crippen molar-refractivity contribution in [3.05, 3.63) is 81.6 Å². The van der Waals surface area contributed by atoms with Gasteiger partial charge in [0.05, 0.1) is 0 Å². The van der Waals surface area contributed by atoms with Crippen LogP contribution in [-0.4, -0.2) is 16.1 Å². The number of aliphatic carboxylic acids is 1. The van der Waals surface area contributed by atoms with Crippen LogP contribution in [0.3, 0.4) is 0 Å². The van der Waals surface area contributed by atoms with Crippen molar-refractivity contribution in [3.8, 4) is 0 Å². The third kappa shape index (κ3) is 3.36. The van der Waals surface area contributed by atoms with Gasteiger partial charge in [-0.25, -0.2) is 0 Å². The van der Waals surface area contributed by atoms with Crippen molar-refractivity contribution in [1.29, 1.82) is 0 Å². The molecule has 0 aliphatic rings. The number of rotatable bonds is 5. The van der Waals surface area contributed by atoms with E-state index in [-0.39, 0.29) is 11.1 Å². The SMILES string of the molecule is Cc1ccc2[nH]c(=O)c(C(NCc3ccccc3)C(=O)O)cc2c1. The molecule has 0 amide bonds. The molecule has 0 fully saturated rings. The minimum Gasteiger partial charge on any atom is -0.480 e. The average Bonchev–Trinajstić information content (AvgIpc) is 2.56. The summed E-state index contributed by atoms with van der Waals surface area (Å²) >= 11 is 0. The fourth-order valence-electron chi connectivity index (χ4n) is 2.70. The van der Waals surface area contributed by atoms with Crippen LogP contribution in [0.1, 0.15) is 22.7 Å². The molecule has 0 aliphatic heterocycles. The summed E-state index contributed by atoms with van der Waals surface area (Å²) in [5.74, 6) is -1.08. The molecule has 0 spiro atoms. The van der Waals surface area contributed by atoms with E-state index in [1.165, 1.54) is 0 Å². The minimum atomic E-state index is -1.08. The number of nitrogens with one attached hydrogen (secondary N) is 2. The summed E-state index contributed by atoms with van der Waals surface area (Å²) in [7, 11) is 0. The van der Waals surface area contributed by atoms with E-state index in [1.54, 1.807) is 6.07 Å². The molecule has 2 aromatic carbocycles. The Morgan fingerprint density at radius 3 is 2.62 bits per heavy atom. The van der Waals surface area contributed by atoms with Gasteiger partial charge in [-0.05, 0) is 36.1 Å². The number of hydrogen-bond acceptors (Lipinski definition) is 3. The van der Waals surface area contributed by atoms with Crippen LogP contribution in [0.4, 0.5) is 0 Å². The molecule has 0 saturated carbocycles. The molecule has 0 aliphatic carbocycles. The first-order valence-corrected chi connectivity index (χ1v) is 7.68. The molecule has 1 aromatic heterocycles. The third-order valence-electron chi connectivity index (χ3n) is 3.94. The molecular weight excluding hydrogens is 304 g/mol. The summed E-state index contributed by atoms with van der Waals surface area (Å²) in [6.45, 7) is 2.32. The third-order valence-corrected chi connectivity index (χ3v) is 3.94. The lowest BCUT2D eigenvalue weighted by atomic mass is 10.0. The Bertz CT molecular complexity index is 932. The second-order valence-electron chi connectivity index (χ2n) is 5.78. The first kappa shape index (κ1) is 16.0. The standard InChI is InChI=1S/C19H18N2O3/c1-12-7-8-16-14(9-12)10-15(18(22)21-16)17(19(23)24)20-11-13-5-3-2-4-6-13/h2-10,17,20H,11H2,1H3,(H,21,22)(H,23,24). The molecule has 24 heavy (non-hydrogen) atoms. The number of pyridine rings is 1. The maximum absolute atomic E-state index is 12.3. The summed E-state index contributed by atoms with van der Waals surface area (Å²) < 4.78 is 0. The molecule has 1 atom stereocenters. The number of aromatic amines is 1. The highest BCUT2D eigenvalue weighted by molar-refractivity contribution is 5.82. The van der Waals surface area contributed by atoms with Gasteiger partial charge < -0.3 is 10.1 Å². The molecule has 3 aromatic rings. The normalized spacial score (nSPS) is 12.2. The zero-order valence-corrected chi connectivity index (χ0v) is 13.2. The minimum absolute atomic E-state index is 0.205. The Balaban J connectivity index is 1.96. The van der Waals surface area contributed by atoms with E-state index in [9.17, 15) is 14.7 Å². The Hall–Kier alpha value is -2.92. The van der Waals surface area contributed by atoms with Gasteiger partial charge in [-0.3, -0.25) is 14.9 Å². The van der Waals surface area contributed by atoms with Crippen molar-refractivity contribution in [2.24, 2.45) is 0 Å². The fraction of sp³-hybridized carbons (Fsp3) is 0.158. The van der Waals surface area contributed by atoms with Gasteiger partial charge in [0, 0.05) is 17.6 Å². The van der Waals surface area contributed by atoms with Gasteiger partial charge in [0.1, 0.15) is 6.04 Å². The van der Waals surface area contributed by atoms with Crippen LogP contribution >= 0.6 is 0 Å². The average molecular weight is 322 g/mol. The quantitative estimate of drug-likeness (QED) is 0.674. The first-order chi connectivity index (χ1) is 11.5. The van der Waals surface area contributed by atoms with Crippen molar-refractivity contribution in [2.75, 3.05) is 0 Å². The second kappa shape index (κ2) is 6.68. The molecule has 0 radical (unpaired) electrons. The first-order valence-electron chi connectivity index (χ1n) is 7.68. The highest BCUT2D eigenvalue weighted by atomic mass is 16.4. The van der Waals surface area contributed by atoms with Crippen LogP contribution in [0, 0.1) is 6.92 Å². The van der Waals surface area contributed by atoms with Crippen molar-refractivity contribution in [2.45, 2.75) is 19.5 Å². The number of hydrogen-bond donors (Lipinski definition) is 3. The van der Waals surface area contributed by atoms with Gasteiger partial charge >= 0.3 is 5.97 Å². The van der Waals surface area contributed by atoms with E-state index in [4.69, 9.17) is 0 Å². The molecule has 3 N–H and O–H groups in total. The van der Waals surface area contributed by atoms with Crippen molar-refractivity contribution in [3.63, 3.8) is 0 Å². The van der Waals surface area contributed by atoms with Gasteiger partial charge in [0.15, 0.2) is 0 Å². The summed E-state index contributed by atoms with van der Waals surface area (Å²) in [5, 5.41) is 13.3. The predicted octanol–water partition coefficient (Wildman–Crippen LogP) is 2.75. The number of H-pyrrole nitrogens is 1. The van der Waals surface area contributed by atoms with Gasteiger partial charge in [-0.1, -0.05) is 42.0 Å². The highest BCUT2D eigenvalue weighted by Crippen LogP contribution is 2.17. The van der Waals surface area contributed by atoms with Gasteiger partial charge in [-0.2, -0.15) is 0 Å². The van der Waals surface area contributed by atoms with E-state index in [0.29, 0.717) is 12.1 Å². The number of aromatic nitrogens is 1. The van der Waals surface area contributed by atoms with Crippen LogP contribution in [0.5, 0.6) is 0 Å². The Morgan fingerprint density at radius 1 is 1.17 bits per heavy atom. The Kier molecular flexibility index (Phi) is 4.44. The largest absolute Gasteiger partial charge is 0.480 e. The van der Waals surface area contributed by atoms with Crippen LogP contribution in [0.2, 0.25) is 0 Å². The number of benzene rings is 2.